The van der Waals surface area contributed by atoms with E-state index in [4.69, 9.17) is 11.6 Å². The molecule has 0 fully saturated rings. The second-order valence-electron chi connectivity index (χ2n) is 9.78. The van der Waals surface area contributed by atoms with Crippen LogP contribution >= 0.6 is 11.6 Å². The van der Waals surface area contributed by atoms with Gasteiger partial charge in [-0.3, -0.25) is 13.9 Å². The van der Waals surface area contributed by atoms with Gasteiger partial charge in [-0.05, 0) is 54.7 Å². The molecule has 1 unspecified atom stereocenters. The second-order valence-corrected chi connectivity index (χ2v) is 12.0. The molecule has 0 aliphatic carbocycles. The summed E-state index contributed by atoms with van der Waals surface area (Å²) in [7, 11) is -4.14. The molecular weight excluding hydrogens is 534 g/mol. The van der Waals surface area contributed by atoms with Crippen LogP contribution in [0.5, 0.6) is 0 Å². The summed E-state index contributed by atoms with van der Waals surface area (Å²) in [6.07, 6.45) is 0.365. The van der Waals surface area contributed by atoms with E-state index in [-0.39, 0.29) is 23.3 Å². The number of rotatable bonds is 12. The van der Waals surface area contributed by atoms with Crippen molar-refractivity contribution in [2.45, 2.75) is 51.6 Å². The fraction of sp³-hybridized carbons (Fsp3) is 0.333. The summed E-state index contributed by atoms with van der Waals surface area (Å²) >= 11 is 6.37. The smallest absolute Gasteiger partial charge is 0.264 e. The van der Waals surface area contributed by atoms with Gasteiger partial charge in [-0.15, -0.1) is 0 Å². The lowest BCUT2D eigenvalue weighted by Gasteiger charge is -2.33. The highest BCUT2D eigenvalue weighted by molar-refractivity contribution is 7.92. The summed E-state index contributed by atoms with van der Waals surface area (Å²) in [4.78, 5) is 28.8. The van der Waals surface area contributed by atoms with E-state index in [0.717, 1.165) is 9.87 Å². The third kappa shape index (κ3) is 7.61. The minimum Gasteiger partial charge on any atom is -0.354 e. The van der Waals surface area contributed by atoms with Crippen molar-refractivity contribution < 1.29 is 18.0 Å². The van der Waals surface area contributed by atoms with E-state index in [0.29, 0.717) is 29.2 Å². The van der Waals surface area contributed by atoms with Gasteiger partial charge in [0, 0.05) is 18.1 Å². The van der Waals surface area contributed by atoms with Crippen molar-refractivity contribution >= 4 is 39.1 Å². The van der Waals surface area contributed by atoms with Crippen molar-refractivity contribution in [2.24, 2.45) is 5.92 Å². The van der Waals surface area contributed by atoms with Crippen molar-refractivity contribution in [3.8, 4) is 0 Å². The molecule has 0 aromatic heterocycles. The maximum Gasteiger partial charge on any atom is 0.264 e. The largest absolute Gasteiger partial charge is 0.354 e. The first kappa shape index (κ1) is 30.2. The van der Waals surface area contributed by atoms with Crippen molar-refractivity contribution in [3.05, 3.63) is 95.0 Å². The van der Waals surface area contributed by atoms with Crippen LogP contribution in [-0.2, 0) is 26.2 Å². The number of benzene rings is 3. The lowest BCUT2D eigenvalue weighted by atomic mass is 10.1. The quantitative estimate of drug-likeness (QED) is 0.315. The number of carbonyl (C=O) groups is 2. The molecular formula is C30H36ClN3O4S. The molecule has 3 aromatic carbocycles. The SMILES string of the molecule is CCC(C(=O)NCC(C)C)N(Cc1ccccc1)C(=O)CN(c1cccc(Cl)c1C)S(=O)(=O)c1ccccc1. The van der Waals surface area contributed by atoms with Gasteiger partial charge in [0.15, 0.2) is 0 Å². The molecule has 0 heterocycles. The Morgan fingerprint density at radius 2 is 1.54 bits per heavy atom. The highest BCUT2D eigenvalue weighted by atomic mass is 35.5. The molecule has 0 spiro atoms. The fourth-order valence-corrected chi connectivity index (χ4v) is 5.88. The van der Waals surface area contributed by atoms with Gasteiger partial charge in [-0.1, -0.05) is 87.0 Å². The lowest BCUT2D eigenvalue weighted by Crippen LogP contribution is -2.52. The first-order valence-corrected chi connectivity index (χ1v) is 14.8. The molecule has 39 heavy (non-hydrogen) atoms. The third-order valence-corrected chi connectivity index (χ3v) is 8.57. The molecule has 3 aromatic rings. The standard InChI is InChI=1S/C30H36ClN3O4S/c1-5-27(30(36)32-19-22(2)3)33(20-24-13-8-6-9-14-24)29(35)21-34(28-18-12-17-26(31)23(28)4)39(37,38)25-15-10-7-11-16-25/h6-18,22,27H,5,19-21H2,1-4H3,(H,32,36). The van der Waals surface area contributed by atoms with Crippen LogP contribution in [-0.4, -0.2) is 44.3 Å². The molecule has 7 nitrogen and oxygen atoms in total. The van der Waals surface area contributed by atoms with Crippen LogP contribution in [0.1, 0.15) is 38.3 Å². The van der Waals surface area contributed by atoms with Crippen LogP contribution < -0.4 is 9.62 Å². The van der Waals surface area contributed by atoms with E-state index in [1.165, 1.54) is 17.0 Å². The van der Waals surface area contributed by atoms with Crippen LogP contribution in [0.15, 0.2) is 83.8 Å². The van der Waals surface area contributed by atoms with Gasteiger partial charge >= 0.3 is 0 Å². The van der Waals surface area contributed by atoms with Crippen LogP contribution in [0.4, 0.5) is 5.69 Å². The number of carbonyl (C=O) groups excluding carboxylic acids is 2. The Kier molecular flexibility index (Phi) is 10.5. The molecule has 0 saturated carbocycles. The van der Waals surface area contributed by atoms with E-state index in [2.05, 4.69) is 5.32 Å². The van der Waals surface area contributed by atoms with Crippen molar-refractivity contribution in [1.82, 2.24) is 10.2 Å². The maximum atomic E-state index is 14.1. The number of sulfonamides is 1. The average Bonchev–Trinajstić information content (AvgIpc) is 2.93. The monoisotopic (exact) mass is 569 g/mol. The lowest BCUT2D eigenvalue weighted by molar-refractivity contribution is -0.140. The van der Waals surface area contributed by atoms with Crippen LogP contribution in [0.25, 0.3) is 0 Å². The van der Waals surface area contributed by atoms with Crippen LogP contribution in [0, 0.1) is 12.8 Å². The van der Waals surface area contributed by atoms with Crippen molar-refractivity contribution in [2.75, 3.05) is 17.4 Å². The zero-order valence-corrected chi connectivity index (χ0v) is 24.4. The first-order chi connectivity index (χ1) is 18.6. The number of hydrogen-bond donors (Lipinski definition) is 1. The Morgan fingerprint density at radius 3 is 2.13 bits per heavy atom. The molecule has 0 aliphatic rings. The first-order valence-electron chi connectivity index (χ1n) is 13.0. The molecule has 0 aliphatic heterocycles. The zero-order valence-electron chi connectivity index (χ0n) is 22.8. The molecule has 0 radical (unpaired) electrons. The average molecular weight is 570 g/mol. The Labute approximate surface area is 236 Å². The minimum absolute atomic E-state index is 0.0495. The molecule has 1 atom stereocenters. The van der Waals surface area contributed by atoms with E-state index in [1.54, 1.807) is 43.3 Å². The van der Waals surface area contributed by atoms with Crippen molar-refractivity contribution in [3.63, 3.8) is 0 Å². The highest BCUT2D eigenvalue weighted by Crippen LogP contribution is 2.31. The predicted octanol–water partition coefficient (Wildman–Crippen LogP) is 5.42. The summed E-state index contributed by atoms with van der Waals surface area (Å²) in [6, 6.07) is 21.5. The normalized spacial score (nSPS) is 12.2. The fourth-order valence-electron chi connectivity index (χ4n) is 4.22. The van der Waals surface area contributed by atoms with Gasteiger partial charge in [0.1, 0.15) is 12.6 Å². The van der Waals surface area contributed by atoms with Crippen molar-refractivity contribution in [1.29, 1.82) is 0 Å². The molecule has 0 bridgehead atoms. The van der Waals surface area contributed by atoms with Gasteiger partial charge in [0.2, 0.25) is 11.8 Å². The van der Waals surface area contributed by atoms with Crippen LogP contribution in [0.2, 0.25) is 5.02 Å². The molecule has 9 heteroatoms. The van der Waals surface area contributed by atoms with E-state index >= 15 is 0 Å². The van der Waals surface area contributed by atoms with Gasteiger partial charge < -0.3 is 10.2 Å². The number of nitrogens with zero attached hydrogens (tertiary/aromatic N) is 2. The summed E-state index contributed by atoms with van der Waals surface area (Å²) in [5, 5.41) is 3.31. The molecule has 0 saturated heterocycles. The van der Waals surface area contributed by atoms with E-state index in [9.17, 15) is 18.0 Å². The minimum atomic E-state index is -4.14. The Balaban J connectivity index is 2.06. The van der Waals surface area contributed by atoms with Crippen LogP contribution in [0.3, 0.4) is 0 Å². The highest BCUT2D eigenvalue weighted by Gasteiger charge is 2.34. The molecule has 2 amide bonds. The molecule has 1 N–H and O–H groups in total. The van der Waals surface area contributed by atoms with Gasteiger partial charge in [0.25, 0.3) is 10.0 Å². The molecule has 3 rings (SSSR count). The summed E-state index contributed by atoms with van der Waals surface area (Å²) in [6.45, 7) is 7.66. The Hall–Kier alpha value is -3.36. The second kappa shape index (κ2) is 13.6. The number of amides is 2. The number of halogens is 1. The number of nitrogens with one attached hydrogen (secondary N) is 1. The number of anilines is 1. The predicted molar refractivity (Wildman–Crippen MR) is 156 cm³/mol. The summed E-state index contributed by atoms with van der Waals surface area (Å²) in [5.74, 6) is -0.529. The number of hydrogen-bond acceptors (Lipinski definition) is 4. The van der Waals surface area contributed by atoms with Gasteiger partial charge in [-0.2, -0.15) is 0 Å². The topological polar surface area (TPSA) is 86.8 Å². The molecule has 208 valence electrons. The zero-order chi connectivity index (χ0) is 28.6. The Morgan fingerprint density at radius 1 is 0.923 bits per heavy atom. The summed E-state index contributed by atoms with van der Waals surface area (Å²) < 4.78 is 28.9. The maximum absolute atomic E-state index is 14.1. The van der Waals surface area contributed by atoms with E-state index < -0.39 is 28.5 Å². The van der Waals surface area contributed by atoms with Gasteiger partial charge in [0.05, 0.1) is 10.6 Å². The van der Waals surface area contributed by atoms with E-state index in [1.807, 2.05) is 51.1 Å². The third-order valence-electron chi connectivity index (χ3n) is 6.38. The summed E-state index contributed by atoms with van der Waals surface area (Å²) in [5.41, 5.74) is 1.66. The van der Waals surface area contributed by atoms with Gasteiger partial charge in [-0.25, -0.2) is 8.42 Å². The Bertz CT molecular complexity index is 1370.